The standard InChI is InChI=1S/C16H22N2O2/c1-18(2)16(20)13-9-5-6-10-14(13)17-15(19)11-12-7-3-4-8-12/h5-6,9-10,12H,3-4,7-8,11H2,1-2H3,(H,17,19). The van der Waals surface area contributed by atoms with Gasteiger partial charge in [-0.1, -0.05) is 25.0 Å². The SMILES string of the molecule is CN(C)C(=O)c1ccccc1NC(=O)CC1CCCC1. The van der Waals surface area contributed by atoms with E-state index in [0.717, 1.165) is 12.8 Å². The first-order chi connectivity index (χ1) is 9.58. The van der Waals surface area contributed by atoms with E-state index in [9.17, 15) is 9.59 Å². The molecule has 2 rings (SSSR count). The Morgan fingerprint density at radius 2 is 1.85 bits per heavy atom. The third kappa shape index (κ3) is 3.59. The van der Waals surface area contributed by atoms with Crippen molar-refractivity contribution in [2.45, 2.75) is 32.1 Å². The van der Waals surface area contributed by atoms with E-state index < -0.39 is 0 Å². The number of benzene rings is 1. The normalized spacial score (nSPS) is 15.1. The van der Waals surface area contributed by atoms with Gasteiger partial charge in [0.1, 0.15) is 0 Å². The maximum atomic E-state index is 12.1. The summed E-state index contributed by atoms with van der Waals surface area (Å²) in [5.41, 5.74) is 1.14. The van der Waals surface area contributed by atoms with Crippen LogP contribution in [0.3, 0.4) is 0 Å². The van der Waals surface area contributed by atoms with Gasteiger partial charge < -0.3 is 10.2 Å². The second kappa shape index (κ2) is 6.55. The molecule has 2 amide bonds. The zero-order valence-electron chi connectivity index (χ0n) is 12.2. The summed E-state index contributed by atoms with van der Waals surface area (Å²) in [6, 6.07) is 7.16. The van der Waals surface area contributed by atoms with Gasteiger partial charge in [-0.05, 0) is 30.9 Å². The molecule has 0 bridgehead atoms. The van der Waals surface area contributed by atoms with E-state index in [1.165, 1.54) is 17.7 Å². The van der Waals surface area contributed by atoms with Crippen LogP contribution in [-0.4, -0.2) is 30.8 Å². The second-order valence-electron chi connectivity index (χ2n) is 5.65. The van der Waals surface area contributed by atoms with Gasteiger partial charge in [0.2, 0.25) is 5.91 Å². The molecule has 4 nitrogen and oxygen atoms in total. The minimum absolute atomic E-state index is 0.0101. The summed E-state index contributed by atoms with van der Waals surface area (Å²) in [5.74, 6) is 0.421. The van der Waals surface area contributed by atoms with Crippen LogP contribution < -0.4 is 5.32 Å². The largest absolute Gasteiger partial charge is 0.345 e. The molecule has 1 aromatic rings. The number of carbonyl (C=O) groups is 2. The van der Waals surface area contributed by atoms with Gasteiger partial charge in [0.15, 0.2) is 0 Å². The molecular weight excluding hydrogens is 252 g/mol. The number of hydrogen-bond acceptors (Lipinski definition) is 2. The summed E-state index contributed by atoms with van der Waals surface area (Å²) in [5, 5.41) is 2.89. The first-order valence-corrected chi connectivity index (χ1v) is 7.18. The van der Waals surface area contributed by atoms with Crippen molar-refractivity contribution in [3.8, 4) is 0 Å². The van der Waals surface area contributed by atoms with Crippen molar-refractivity contribution in [3.63, 3.8) is 0 Å². The van der Waals surface area contributed by atoms with Crippen molar-refractivity contribution in [2.24, 2.45) is 5.92 Å². The molecule has 0 atom stereocenters. The van der Waals surface area contributed by atoms with Crippen LogP contribution in [-0.2, 0) is 4.79 Å². The van der Waals surface area contributed by atoms with E-state index in [2.05, 4.69) is 5.32 Å². The summed E-state index contributed by atoms with van der Waals surface area (Å²) >= 11 is 0. The average Bonchev–Trinajstić information content (AvgIpc) is 2.91. The second-order valence-corrected chi connectivity index (χ2v) is 5.65. The lowest BCUT2D eigenvalue weighted by molar-refractivity contribution is -0.117. The van der Waals surface area contributed by atoms with Gasteiger partial charge >= 0.3 is 0 Å². The monoisotopic (exact) mass is 274 g/mol. The van der Waals surface area contributed by atoms with E-state index in [-0.39, 0.29) is 11.8 Å². The van der Waals surface area contributed by atoms with Gasteiger partial charge in [-0.2, -0.15) is 0 Å². The van der Waals surface area contributed by atoms with Crippen molar-refractivity contribution in [1.82, 2.24) is 4.90 Å². The van der Waals surface area contributed by atoms with E-state index in [4.69, 9.17) is 0 Å². The van der Waals surface area contributed by atoms with Gasteiger partial charge in [-0.25, -0.2) is 0 Å². The highest BCUT2D eigenvalue weighted by Gasteiger charge is 2.20. The molecule has 0 spiro atoms. The molecule has 0 radical (unpaired) electrons. The molecule has 1 N–H and O–H groups in total. The fraction of sp³-hybridized carbons (Fsp3) is 0.500. The molecule has 1 aliphatic rings. The molecular formula is C16H22N2O2. The smallest absolute Gasteiger partial charge is 0.255 e. The molecule has 1 saturated carbocycles. The third-order valence-corrected chi connectivity index (χ3v) is 3.79. The Kier molecular flexibility index (Phi) is 4.77. The average molecular weight is 274 g/mol. The number of amides is 2. The van der Waals surface area contributed by atoms with Crippen LogP contribution in [0.4, 0.5) is 5.69 Å². The number of nitrogens with one attached hydrogen (secondary N) is 1. The molecule has 1 fully saturated rings. The predicted octanol–water partition coefficient (Wildman–Crippen LogP) is 2.91. The Morgan fingerprint density at radius 1 is 1.20 bits per heavy atom. The van der Waals surface area contributed by atoms with Crippen molar-refractivity contribution in [3.05, 3.63) is 29.8 Å². The highest BCUT2D eigenvalue weighted by atomic mass is 16.2. The molecule has 0 heterocycles. The van der Waals surface area contributed by atoms with Crippen molar-refractivity contribution in [2.75, 3.05) is 19.4 Å². The van der Waals surface area contributed by atoms with Crippen LogP contribution >= 0.6 is 0 Å². The van der Waals surface area contributed by atoms with Gasteiger partial charge in [-0.15, -0.1) is 0 Å². The van der Waals surface area contributed by atoms with Crippen LogP contribution in [0.15, 0.2) is 24.3 Å². The van der Waals surface area contributed by atoms with Gasteiger partial charge in [0, 0.05) is 20.5 Å². The molecule has 0 aromatic heterocycles. The zero-order valence-corrected chi connectivity index (χ0v) is 12.2. The molecule has 1 aromatic carbocycles. The summed E-state index contributed by atoms with van der Waals surface area (Å²) in [6.45, 7) is 0. The summed E-state index contributed by atoms with van der Waals surface area (Å²) < 4.78 is 0. The molecule has 1 aliphatic carbocycles. The molecule has 4 heteroatoms. The summed E-state index contributed by atoms with van der Waals surface area (Å²) in [6.07, 6.45) is 5.31. The van der Waals surface area contributed by atoms with Crippen LogP contribution in [0.1, 0.15) is 42.5 Å². The van der Waals surface area contributed by atoms with Crippen LogP contribution in [0.25, 0.3) is 0 Å². The minimum atomic E-state index is -0.0956. The highest BCUT2D eigenvalue weighted by Crippen LogP contribution is 2.28. The third-order valence-electron chi connectivity index (χ3n) is 3.79. The number of anilines is 1. The minimum Gasteiger partial charge on any atom is -0.345 e. The molecule has 0 saturated heterocycles. The van der Waals surface area contributed by atoms with Crippen LogP contribution in [0.5, 0.6) is 0 Å². The summed E-state index contributed by atoms with van der Waals surface area (Å²) in [7, 11) is 3.42. The lowest BCUT2D eigenvalue weighted by Gasteiger charge is -2.15. The molecule has 0 aliphatic heterocycles. The van der Waals surface area contributed by atoms with Gasteiger partial charge in [-0.3, -0.25) is 9.59 Å². The zero-order chi connectivity index (χ0) is 14.5. The first kappa shape index (κ1) is 14.6. The predicted molar refractivity (Wildman–Crippen MR) is 79.7 cm³/mol. The maximum absolute atomic E-state index is 12.1. The number of hydrogen-bond donors (Lipinski definition) is 1. The number of carbonyl (C=O) groups excluding carboxylic acids is 2. The Hall–Kier alpha value is -1.84. The van der Waals surface area contributed by atoms with Crippen molar-refractivity contribution in [1.29, 1.82) is 0 Å². The fourth-order valence-corrected chi connectivity index (χ4v) is 2.70. The first-order valence-electron chi connectivity index (χ1n) is 7.18. The van der Waals surface area contributed by atoms with E-state index in [1.807, 2.05) is 12.1 Å². The Labute approximate surface area is 120 Å². The lowest BCUT2D eigenvalue weighted by Crippen LogP contribution is -2.24. The number of nitrogens with zero attached hydrogens (tertiary/aromatic N) is 1. The molecule has 108 valence electrons. The number of rotatable bonds is 4. The van der Waals surface area contributed by atoms with Crippen molar-refractivity contribution < 1.29 is 9.59 Å². The van der Waals surface area contributed by atoms with Crippen LogP contribution in [0, 0.1) is 5.92 Å². The Bertz CT molecular complexity index is 491. The van der Waals surface area contributed by atoms with Gasteiger partial charge in [0.25, 0.3) is 5.91 Å². The van der Waals surface area contributed by atoms with E-state index >= 15 is 0 Å². The number of para-hydroxylation sites is 1. The van der Waals surface area contributed by atoms with Crippen LogP contribution in [0.2, 0.25) is 0 Å². The summed E-state index contributed by atoms with van der Waals surface area (Å²) in [4.78, 5) is 25.7. The quantitative estimate of drug-likeness (QED) is 0.917. The topological polar surface area (TPSA) is 49.4 Å². The Morgan fingerprint density at radius 3 is 2.50 bits per heavy atom. The highest BCUT2D eigenvalue weighted by molar-refractivity contribution is 6.03. The Balaban J connectivity index is 2.04. The molecule has 20 heavy (non-hydrogen) atoms. The lowest BCUT2D eigenvalue weighted by atomic mass is 10.0. The molecule has 0 unspecified atom stereocenters. The van der Waals surface area contributed by atoms with E-state index in [1.54, 1.807) is 26.2 Å². The van der Waals surface area contributed by atoms with Gasteiger partial charge in [0.05, 0.1) is 11.3 Å². The maximum Gasteiger partial charge on any atom is 0.255 e. The van der Waals surface area contributed by atoms with E-state index in [0.29, 0.717) is 23.6 Å². The fourth-order valence-electron chi connectivity index (χ4n) is 2.70. The van der Waals surface area contributed by atoms with Crippen molar-refractivity contribution >= 4 is 17.5 Å².